The van der Waals surface area contributed by atoms with Crippen LogP contribution in [0.5, 0.6) is 0 Å². The van der Waals surface area contributed by atoms with Gasteiger partial charge in [0.25, 0.3) is 0 Å². The smallest absolute Gasteiger partial charge is 0.0876 e. The molecule has 3 aromatic carbocycles. The summed E-state index contributed by atoms with van der Waals surface area (Å²) >= 11 is 0. The zero-order valence-corrected chi connectivity index (χ0v) is 23.8. The van der Waals surface area contributed by atoms with E-state index < -0.39 is 0 Å². The van der Waals surface area contributed by atoms with Crippen molar-refractivity contribution in [2.75, 3.05) is 0 Å². The van der Waals surface area contributed by atoms with Crippen molar-refractivity contribution in [1.29, 1.82) is 0 Å². The van der Waals surface area contributed by atoms with Crippen LogP contribution in [-0.4, -0.2) is 21.6 Å². The molecule has 4 heterocycles. The van der Waals surface area contributed by atoms with E-state index in [2.05, 4.69) is 91.3 Å². The first-order chi connectivity index (χ1) is 21.8. The minimum Gasteiger partial charge on any atom is -0.321 e. The molecule has 0 unspecified atom stereocenters. The predicted molar refractivity (Wildman–Crippen MR) is 180 cm³/mol. The van der Waals surface area contributed by atoms with Crippen LogP contribution in [0.2, 0.25) is 0 Å². The van der Waals surface area contributed by atoms with Gasteiger partial charge in [0.05, 0.1) is 22.8 Å². The van der Waals surface area contributed by atoms with Gasteiger partial charge in [-0.1, -0.05) is 47.9 Å². The van der Waals surface area contributed by atoms with E-state index in [-0.39, 0.29) is 0 Å². The van der Waals surface area contributed by atoms with Crippen LogP contribution >= 0.6 is 0 Å². The molecule has 0 amide bonds. The molecule has 0 bridgehead atoms. The average molecular weight is 563 g/mol. The summed E-state index contributed by atoms with van der Waals surface area (Å²) in [5, 5.41) is 0. The lowest BCUT2D eigenvalue weighted by atomic mass is 10.1. The molecule has 0 fully saturated rings. The number of hydrogen-bond donors (Lipinski definition) is 0. The summed E-state index contributed by atoms with van der Waals surface area (Å²) in [7, 11) is 0. The van der Waals surface area contributed by atoms with Gasteiger partial charge in [-0.3, -0.25) is 9.98 Å². The number of nitrogens with zero attached hydrogens (tertiary/aromatic N) is 4. The number of hydrogen-bond acceptors (Lipinski definition) is 2. The largest absolute Gasteiger partial charge is 0.321 e. The van der Waals surface area contributed by atoms with Gasteiger partial charge < -0.3 is 9.13 Å². The number of aliphatic imine (C=N–C) groups is 2. The quantitative estimate of drug-likeness (QED) is 0.200. The minimum atomic E-state index is 0.937. The fraction of sp³-hybridized carbons (Fsp3) is 0. The highest BCUT2D eigenvalue weighted by atomic mass is 15.0. The number of aromatic nitrogens is 2. The summed E-state index contributed by atoms with van der Waals surface area (Å²) in [4.78, 5) is 9.03. The van der Waals surface area contributed by atoms with Gasteiger partial charge in [-0.2, -0.15) is 0 Å². The fourth-order valence-corrected chi connectivity index (χ4v) is 5.06. The van der Waals surface area contributed by atoms with E-state index >= 15 is 0 Å². The van der Waals surface area contributed by atoms with Gasteiger partial charge in [-0.05, 0) is 97.1 Å². The normalized spacial score (nSPS) is 15.1. The van der Waals surface area contributed by atoms with Crippen molar-refractivity contribution in [2.24, 2.45) is 9.98 Å². The topological polar surface area (TPSA) is 34.6 Å². The van der Waals surface area contributed by atoms with Crippen molar-refractivity contribution in [1.82, 2.24) is 9.13 Å². The van der Waals surface area contributed by atoms with E-state index in [1.807, 2.05) is 110 Å². The standard InChI is InChI=1S/C40H26N4/c1-2-28-43(27-1)39(37-7-5-25-41-37)35-21-17-33(18-22-35)15-13-31-9-11-32(12-10-31)14-16-34-19-23-36(24-20-34)40(38-8-6-26-42-38)44-29-3-4-30-44/h1-12,17-30H/b39-37+,40-38+. The van der Waals surface area contributed by atoms with Crippen molar-refractivity contribution >= 4 is 23.8 Å². The van der Waals surface area contributed by atoms with E-state index in [0.29, 0.717) is 0 Å². The van der Waals surface area contributed by atoms with Gasteiger partial charge in [0.2, 0.25) is 0 Å². The van der Waals surface area contributed by atoms with Crippen LogP contribution < -0.4 is 0 Å². The monoisotopic (exact) mass is 562 g/mol. The Bertz CT molecular complexity index is 1920. The summed E-state index contributed by atoms with van der Waals surface area (Å²) in [6.07, 6.45) is 19.7. The van der Waals surface area contributed by atoms with Crippen LogP contribution in [0.15, 0.2) is 168 Å². The average Bonchev–Trinajstić information content (AvgIpc) is 3.91. The third-order valence-electron chi connectivity index (χ3n) is 7.22. The molecule has 206 valence electrons. The van der Waals surface area contributed by atoms with E-state index in [1.54, 1.807) is 0 Å². The lowest BCUT2D eigenvalue weighted by Gasteiger charge is -2.11. The molecule has 0 radical (unpaired) electrons. The van der Waals surface area contributed by atoms with Crippen LogP contribution in [0.1, 0.15) is 33.4 Å². The molecular weight excluding hydrogens is 536 g/mol. The Hall–Kier alpha value is -6.36. The SMILES string of the molecule is C(#Cc1ccc(/C(=C2/C=CC=N2)n2cccc2)cc1)c1ccc(C#Cc2ccc(/C(=C3/C=CC=N3)n3cccc3)cc2)cc1. The molecule has 4 heteroatoms. The lowest BCUT2D eigenvalue weighted by Crippen LogP contribution is -1.98. The van der Waals surface area contributed by atoms with E-state index in [4.69, 9.17) is 0 Å². The predicted octanol–water partition coefficient (Wildman–Crippen LogP) is 7.80. The van der Waals surface area contributed by atoms with Gasteiger partial charge in [-0.15, -0.1) is 0 Å². The summed E-state index contributed by atoms with van der Waals surface area (Å²) in [5.41, 5.74) is 9.92. The van der Waals surface area contributed by atoms with Crippen molar-refractivity contribution in [3.8, 4) is 23.7 Å². The summed E-state index contributed by atoms with van der Waals surface area (Å²) < 4.78 is 4.18. The third-order valence-corrected chi connectivity index (χ3v) is 7.22. The lowest BCUT2D eigenvalue weighted by molar-refractivity contribution is 1.09. The maximum absolute atomic E-state index is 4.51. The molecule has 5 aromatic rings. The Morgan fingerprint density at radius 2 is 0.750 bits per heavy atom. The Balaban J connectivity index is 1.04. The molecule has 2 aliphatic rings. The van der Waals surface area contributed by atoms with Crippen LogP contribution in [0.25, 0.3) is 11.4 Å². The van der Waals surface area contributed by atoms with Gasteiger partial charge in [0, 0.05) is 70.6 Å². The van der Waals surface area contributed by atoms with Gasteiger partial charge >= 0.3 is 0 Å². The minimum absolute atomic E-state index is 0.937. The second-order valence-corrected chi connectivity index (χ2v) is 10.2. The molecular formula is C40H26N4. The Kier molecular flexibility index (Phi) is 7.39. The van der Waals surface area contributed by atoms with Crippen molar-refractivity contribution in [3.05, 3.63) is 191 Å². The summed E-state index contributed by atoms with van der Waals surface area (Å²) in [6.45, 7) is 0. The molecule has 44 heavy (non-hydrogen) atoms. The summed E-state index contributed by atoms with van der Waals surface area (Å²) in [6, 6.07) is 32.7. The van der Waals surface area contributed by atoms with Crippen molar-refractivity contribution in [3.63, 3.8) is 0 Å². The molecule has 2 aromatic heterocycles. The van der Waals surface area contributed by atoms with E-state index in [9.17, 15) is 0 Å². The molecule has 0 saturated carbocycles. The first-order valence-corrected chi connectivity index (χ1v) is 14.3. The molecule has 0 spiro atoms. The van der Waals surface area contributed by atoms with Crippen LogP contribution in [0.4, 0.5) is 0 Å². The van der Waals surface area contributed by atoms with Crippen molar-refractivity contribution < 1.29 is 0 Å². The third kappa shape index (κ3) is 5.83. The van der Waals surface area contributed by atoms with Gasteiger partial charge in [0.1, 0.15) is 0 Å². The second kappa shape index (κ2) is 12.2. The molecule has 7 rings (SSSR count). The number of benzene rings is 3. The zero-order valence-electron chi connectivity index (χ0n) is 23.8. The molecule has 0 saturated heterocycles. The maximum Gasteiger partial charge on any atom is 0.0876 e. The Morgan fingerprint density at radius 1 is 0.432 bits per heavy atom. The zero-order chi connectivity index (χ0) is 29.6. The van der Waals surface area contributed by atoms with Gasteiger partial charge in [0.15, 0.2) is 0 Å². The molecule has 0 aliphatic carbocycles. The Labute approximate surface area is 257 Å². The van der Waals surface area contributed by atoms with Crippen molar-refractivity contribution in [2.45, 2.75) is 0 Å². The molecule has 2 aliphatic heterocycles. The van der Waals surface area contributed by atoms with Crippen LogP contribution in [-0.2, 0) is 0 Å². The number of allylic oxidation sites excluding steroid dienone is 4. The summed E-state index contributed by atoms with van der Waals surface area (Å²) in [5.74, 6) is 13.1. The van der Waals surface area contributed by atoms with Gasteiger partial charge in [-0.25, -0.2) is 0 Å². The van der Waals surface area contributed by atoms with Crippen LogP contribution in [0, 0.1) is 23.7 Å². The first-order valence-electron chi connectivity index (χ1n) is 14.3. The highest BCUT2D eigenvalue weighted by molar-refractivity contribution is 5.84. The second-order valence-electron chi connectivity index (χ2n) is 10.2. The Morgan fingerprint density at radius 3 is 1.05 bits per heavy atom. The molecule has 4 nitrogen and oxygen atoms in total. The maximum atomic E-state index is 4.51. The number of rotatable bonds is 4. The van der Waals surface area contributed by atoms with E-state index in [0.717, 1.165) is 56.2 Å². The fourth-order valence-electron chi connectivity index (χ4n) is 5.06. The molecule has 0 atom stereocenters. The van der Waals surface area contributed by atoms with E-state index in [1.165, 1.54) is 0 Å². The van der Waals surface area contributed by atoms with Crippen LogP contribution in [0.3, 0.4) is 0 Å². The molecule has 0 N–H and O–H groups in total. The highest BCUT2D eigenvalue weighted by Gasteiger charge is 2.11. The first kappa shape index (κ1) is 26.5. The highest BCUT2D eigenvalue weighted by Crippen LogP contribution is 2.26.